The van der Waals surface area contributed by atoms with Crippen LogP contribution in [-0.2, 0) is 0 Å². The number of aryl methyl sites for hydroxylation is 1. The minimum atomic E-state index is -0.174. The zero-order valence-corrected chi connectivity index (χ0v) is 11.4. The number of aromatic nitrogens is 3. The van der Waals surface area contributed by atoms with E-state index in [1.165, 1.54) is 6.07 Å². The monoisotopic (exact) mass is 272 g/mol. The van der Waals surface area contributed by atoms with Crippen LogP contribution >= 0.6 is 0 Å². The third kappa shape index (κ3) is 1.77. The van der Waals surface area contributed by atoms with E-state index in [2.05, 4.69) is 10.1 Å². The first kappa shape index (κ1) is 12.4. The summed E-state index contributed by atoms with van der Waals surface area (Å²) in [5.41, 5.74) is 1.47. The van der Waals surface area contributed by atoms with Gasteiger partial charge in [-0.15, -0.1) is 4.52 Å². The number of aromatic amines is 1. The number of nitrogens with zero attached hydrogens (tertiary/aromatic N) is 2. The predicted octanol–water partition coefficient (Wildman–Crippen LogP) is 0.987. The molecule has 0 fully saturated rings. The van der Waals surface area contributed by atoms with Crippen molar-refractivity contribution in [1.29, 1.82) is 0 Å². The minimum absolute atomic E-state index is 0.174. The van der Waals surface area contributed by atoms with Crippen LogP contribution in [0.15, 0.2) is 29.1 Å². The molecule has 2 aromatic heterocycles. The highest BCUT2D eigenvalue weighted by Crippen LogP contribution is 2.32. The zero-order chi connectivity index (χ0) is 14.3. The molecule has 102 valence electrons. The fraction of sp³-hybridized carbons (Fsp3) is 0.214. The number of hydrogen-bond acceptors (Lipinski definition) is 4. The van der Waals surface area contributed by atoms with Crippen LogP contribution in [0.5, 0.6) is 11.5 Å². The highest BCUT2D eigenvalue weighted by molar-refractivity contribution is 5.93. The Morgan fingerprint density at radius 2 is 1.85 bits per heavy atom. The van der Waals surface area contributed by atoms with Crippen LogP contribution in [-0.4, -0.2) is 24.3 Å². The van der Waals surface area contributed by atoms with Crippen LogP contribution < -0.4 is 19.5 Å². The van der Waals surface area contributed by atoms with Gasteiger partial charge in [-0.1, -0.05) is 0 Å². The van der Waals surface area contributed by atoms with Gasteiger partial charge in [0.25, 0.3) is 5.56 Å². The van der Waals surface area contributed by atoms with Crippen molar-refractivity contribution in [3.05, 3.63) is 40.4 Å². The van der Waals surface area contributed by atoms with Crippen molar-refractivity contribution in [2.45, 2.75) is 6.92 Å². The minimum Gasteiger partial charge on any atom is -0.493 e. The first-order valence-corrected chi connectivity index (χ1v) is 6.11. The molecule has 3 rings (SSSR count). The number of fused-ring (bicyclic) bond motifs is 3. The molecule has 0 aliphatic rings. The van der Waals surface area contributed by atoms with E-state index in [1.54, 1.807) is 24.8 Å². The number of rotatable bonds is 2. The van der Waals surface area contributed by atoms with Gasteiger partial charge in [-0.3, -0.25) is 4.79 Å². The summed E-state index contributed by atoms with van der Waals surface area (Å²) in [6, 6.07) is 6.94. The molecule has 1 N–H and O–H groups in total. The Balaban J connectivity index is 2.50. The number of H-pyrrole nitrogens is 1. The van der Waals surface area contributed by atoms with Crippen LogP contribution in [0.1, 0.15) is 5.82 Å². The van der Waals surface area contributed by atoms with Crippen molar-refractivity contribution in [3.8, 4) is 11.5 Å². The second kappa shape index (κ2) is 4.48. The third-order valence-electron chi connectivity index (χ3n) is 3.24. The summed E-state index contributed by atoms with van der Waals surface area (Å²) < 4.78 is 12.3. The number of hydrogen-bond donors (Lipinski definition) is 1. The summed E-state index contributed by atoms with van der Waals surface area (Å²) in [5, 5.41) is 3.62. The lowest BCUT2D eigenvalue weighted by Crippen LogP contribution is -2.37. The molecule has 0 aliphatic heterocycles. The summed E-state index contributed by atoms with van der Waals surface area (Å²) in [4.78, 5) is 15.9. The molecule has 3 aromatic rings. The Morgan fingerprint density at radius 1 is 1.15 bits per heavy atom. The van der Waals surface area contributed by atoms with Crippen LogP contribution in [0, 0.1) is 6.92 Å². The largest absolute Gasteiger partial charge is 0.493 e. The molecule has 0 atom stereocenters. The quantitative estimate of drug-likeness (QED) is 0.558. The van der Waals surface area contributed by atoms with E-state index in [0.717, 1.165) is 16.4 Å². The standard InChI is InChI=1S/C14H13N3O3/c1-8-15-10-7-13(20-3)12(19-2)6-9(10)11-4-5-14(18)16-17(8)11/h4-7H,1-3H3/p+1. The van der Waals surface area contributed by atoms with E-state index >= 15 is 0 Å². The smallest absolute Gasteiger partial charge is 0.319 e. The molecule has 0 unspecified atom stereocenters. The van der Waals surface area contributed by atoms with Crippen molar-refractivity contribution in [2.24, 2.45) is 0 Å². The van der Waals surface area contributed by atoms with E-state index in [9.17, 15) is 4.79 Å². The average molecular weight is 272 g/mol. The molecule has 20 heavy (non-hydrogen) atoms. The maximum absolute atomic E-state index is 11.4. The van der Waals surface area contributed by atoms with Gasteiger partial charge in [-0.2, -0.15) is 5.10 Å². The van der Waals surface area contributed by atoms with Gasteiger partial charge in [0.2, 0.25) is 0 Å². The normalized spacial score (nSPS) is 10.9. The molecule has 6 nitrogen and oxygen atoms in total. The van der Waals surface area contributed by atoms with Crippen LogP contribution in [0.3, 0.4) is 0 Å². The number of ether oxygens (including phenoxy) is 2. The van der Waals surface area contributed by atoms with Gasteiger partial charge in [-0.25, -0.2) is 0 Å². The van der Waals surface area contributed by atoms with Gasteiger partial charge in [-0.05, 0) is 17.1 Å². The summed E-state index contributed by atoms with van der Waals surface area (Å²) in [6.07, 6.45) is 0. The van der Waals surface area contributed by atoms with E-state index in [0.29, 0.717) is 17.3 Å². The fourth-order valence-electron chi connectivity index (χ4n) is 2.29. The molecule has 0 saturated carbocycles. The lowest BCUT2D eigenvalue weighted by Gasteiger charge is -2.08. The first-order valence-electron chi connectivity index (χ1n) is 6.11. The molecule has 0 aliphatic carbocycles. The van der Waals surface area contributed by atoms with E-state index in [-0.39, 0.29) is 5.56 Å². The molecular formula is C14H14N3O3+. The third-order valence-corrected chi connectivity index (χ3v) is 3.24. The highest BCUT2D eigenvalue weighted by Gasteiger charge is 2.17. The Labute approximate surface area is 114 Å². The zero-order valence-electron chi connectivity index (χ0n) is 11.4. The summed E-state index contributed by atoms with van der Waals surface area (Å²) in [5.74, 6) is 1.94. The summed E-state index contributed by atoms with van der Waals surface area (Å²) in [6.45, 7) is 1.83. The second-order valence-corrected chi connectivity index (χ2v) is 4.41. The summed E-state index contributed by atoms with van der Waals surface area (Å²) >= 11 is 0. The first-order chi connectivity index (χ1) is 9.63. The molecule has 0 amide bonds. The van der Waals surface area contributed by atoms with Crippen LogP contribution in [0.4, 0.5) is 0 Å². The Bertz CT molecular complexity index is 871. The lowest BCUT2D eigenvalue weighted by molar-refractivity contribution is -0.591. The van der Waals surface area contributed by atoms with Crippen molar-refractivity contribution >= 4 is 16.4 Å². The van der Waals surface area contributed by atoms with Crippen molar-refractivity contribution in [2.75, 3.05) is 14.2 Å². The van der Waals surface area contributed by atoms with E-state index < -0.39 is 0 Å². The van der Waals surface area contributed by atoms with Crippen LogP contribution in [0.25, 0.3) is 16.4 Å². The molecule has 2 heterocycles. The molecule has 1 aromatic carbocycles. The highest BCUT2D eigenvalue weighted by atomic mass is 16.5. The Hall–Kier alpha value is -2.63. The van der Waals surface area contributed by atoms with Gasteiger partial charge in [0, 0.05) is 19.1 Å². The summed E-state index contributed by atoms with van der Waals surface area (Å²) in [7, 11) is 3.17. The average Bonchev–Trinajstić information content (AvgIpc) is 2.46. The van der Waals surface area contributed by atoms with Crippen LogP contribution in [0.2, 0.25) is 0 Å². The number of methoxy groups -OCH3 is 2. The van der Waals surface area contributed by atoms with E-state index in [1.807, 2.05) is 19.1 Å². The molecular weight excluding hydrogens is 258 g/mol. The number of nitrogens with one attached hydrogen (secondary N) is 1. The molecule has 0 bridgehead atoms. The lowest BCUT2D eigenvalue weighted by atomic mass is 10.1. The van der Waals surface area contributed by atoms with Gasteiger partial charge in [0.05, 0.1) is 19.6 Å². The Morgan fingerprint density at radius 3 is 2.55 bits per heavy atom. The number of benzene rings is 1. The van der Waals surface area contributed by atoms with Gasteiger partial charge in [0.15, 0.2) is 22.5 Å². The topological polar surface area (TPSA) is 68.3 Å². The maximum Gasteiger partial charge on any atom is 0.319 e. The SMILES string of the molecule is COc1cc2nc(C)[n+]3[nH]c(=O)ccc3c2cc1OC. The maximum atomic E-state index is 11.4. The van der Waals surface area contributed by atoms with Crippen molar-refractivity contribution in [1.82, 2.24) is 10.1 Å². The molecule has 6 heteroatoms. The van der Waals surface area contributed by atoms with Crippen molar-refractivity contribution < 1.29 is 14.0 Å². The van der Waals surface area contributed by atoms with E-state index in [4.69, 9.17) is 9.47 Å². The second-order valence-electron chi connectivity index (χ2n) is 4.41. The molecule has 0 radical (unpaired) electrons. The van der Waals surface area contributed by atoms with Gasteiger partial charge < -0.3 is 9.47 Å². The molecule has 0 spiro atoms. The van der Waals surface area contributed by atoms with Gasteiger partial charge in [0.1, 0.15) is 0 Å². The predicted molar refractivity (Wildman–Crippen MR) is 73.4 cm³/mol. The molecule has 0 saturated heterocycles. The fourth-order valence-corrected chi connectivity index (χ4v) is 2.29. The van der Waals surface area contributed by atoms with Crippen molar-refractivity contribution in [3.63, 3.8) is 0 Å². The van der Waals surface area contributed by atoms with Gasteiger partial charge >= 0.3 is 5.82 Å². The Kier molecular flexibility index (Phi) is 2.78.